The van der Waals surface area contributed by atoms with Crippen LogP contribution in [0.4, 0.5) is 28.2 Å². The third-order valence-electron chi connectivity index (χ3n) is 16.9. The first-order valence-corrected chi connectivity index (χ1v) is 26.6. The van der Waals surface area contributed by atoms with Gasteiger partial charge in [0.1, 0.15) is 29.5 Å². The number of amides is 5. The predicted octanol–water partition coefficient (Wildman–Crippen LogP) is 8.82. The van der Waals surface area contributed by atoms with Crippen molar-refractivity contribution in [3.63, 3.8) is 0 Å². The van der Waals surface area contributed by atoms with Crippen molar-refractivity contribution in [3.05, 3.63) is 105 Å². The van der Waals surface area contributed by atoms with Crippen LogP contribution in [0.3, 0.4) is 0 Å². The minimum Gasteiger partial charge on any atom is -0.488 e. The van der Waals surface area contributed by atoms with Gasteiger partial charge in [-0.2, -0.15) is 5.10 Å². The molecule has 2 atom stereocenters. The first-order chi connectivity index (χ1) is 36.4. The molecule has 5 amide bonds. The number of nitrogens with two attached hydrogens (primary N) is 1. The monoisotopic (exact) mass is 1070 g/mol. The van der Waals surface area contributed by atoms with Gasteiger partial charge in [-0.15, -0.1) is 0 Å². The lowest BCUT2D eigenvalue weighted by atomic mass is 9.72. The number of aromatic nitrogens is 2. The van der Waals surface area contributed by atoms with Crippen molar-refractivity contribution in [2.24, 2.45) is 18.2 Å². The molecule has 5 aromatic rings. The summed E-state index contributed by atoms with van der Waals surface area (Å²) in [6.45, 7) is 7.03. The quantitative estimate of drug-likeness (QED) is 0.0721. The molecule has 3 saturated heterocycles. The second-order valence-corrected chi connectivity index (χ2v) is 21.7. The largest absolute Gasteiger partial charge is 0.488 e. The Balaban J connectivity index is 0.771. The number of hydrogen-bond acceptors (Lipinski definition) is 10. The second kappa shape index (κ2) is 21.3. The second-order valence-electron chi connectivity index (χ2n) is 21.3. The van der Waals surface area contributed by atoms with Gasteiger partial charge in [0.25, 0.3) is 0 Å². The fourth-order valence-electron chi connectivity index (χ4n) is 12.6. The number of piperidine rings is 2. The van der Waals surface area contributed by atoms with E-state index in [2.05, 4.69) is 27.6 Å². The molecule has 0 bridgehead atoms. The summed E-state index contributed by atoms with van der Waals surface area (Å²) in [4.78, 5) is 57.2. The minimum atomic E-state index is -1.13. The Morgan fingerprint density at radius 2 is 1.61 bits per heavy atom. The molecule has 1 aliphatic carbocycles. The molecular formula is C56H63ClF4N8O7. The zero-order valence-corrected chi connectivity index (χ0v) is 43.8. The first kappa shape index (κ1) is 53.1. The zero-order chi connectivity index (χ0) is 53.8. The van der Waals surface area contributed by atoms with E-state index in [1.165, 1.54) is 41.0 Å². The molecule has 5 heterocycles. The lowest BCUT2D eigenvalue weighted by Gasteiger charge is -2.45. The number of nitrogens with one attached hydrogen (secondary N) is 2. The Hall–Kier alpha value is -6.28. The van der Waals surface area contributed by atoms with Crippen LogP contribution < -0.4 is 30.7 Å². The van der Waals surface area contributed by atoms with Crippen LogP contribution in [0, 0.1) is 28.7 Å². The fraction of sp³-hybridized carbons (Fsp3) is 0.482. The maximum absolute atomic E-state index is 16.7. The van der Waals surface area contributed by atoms with Crippen molar-refractivity contribution >= 4 is 52.1 Å². The van der Waals surface area contributed by atoms with E-state index in [1.807, 2.05) is 42.2 Å². The summed E-state index contributed by atoms with van der Waals surface area (Å²) in [5, 5.41) is 10.1. The highest BCUT2D eigenvalue weighted by Crippen LogP contribution is 2.57. The maximum Gasteiger partial charge on any atom is 0.329 e. The van der Waals surface area contributed by atoms with Crippen LogP contribution in [0.25, 0.3) is 22.0 Å². The first-order valence-electron chi connectivity index (χ1n) is 26.2. The van der Waals surface area contributed by atoms with Crippen molar-refractivity contribution < 1.29 is 51.0 Å². The number of carbonyl (C=O) groups excluding carboxylic acids is 4. The van der Waals surface area contributed by atoms with E-state index in [0.717, 1.165) is 18.4 Å². The van der Waals surface area contributed by atoms with E-state index in [0.29, 0.717) is 70.3 Å². The number of benzene rings is 4. The summed E-state index contributed by atoms with van der Waals surface area (Å²) < 4.78 is 83.8. The average molecular weight is 1070 g/mol. The molecule has 2 unspecified atom stereocenters. The number of rotatable bonds is 14. The van der Waals surface area contributed by atoms with Crippen molar-refractivity contribution in [3.8, 4) is 22.6 Å². The third kappa shape index (κ3) is 9.54. The molecule has 0 radical (unpaired) electrons. The van der Waals surface area contributed by atoms with Crippen LogP contribution in [0.15, 0.2) is 54.6 Å². The van der Waals surface area contributed by atoms with Crippen molar-refractivity contribution in [1.29, 1.82) is 0 Å². The van der Waals surface area contributed by atoms with Gasteiger partial charge in [0, 0.05) is 98.5 Å². The van der Waals surface area contributed by atoms with Gasteiger partial charge in [-0.3, -0.25) is 29.3 Å². The molecule has 1 saturated carbocycles. The number of methoxy groups -OCH3 is 1. The van der Waals surface area contributed by atoms with E-state index in [1.54, 1.807) is 7.05 Å². The Labute approximate surface area is 443 Å². The molecule has 1 aromatic heterocycles. The average Bonchev–Trinajstić information content (AvgIpc) is 4.04. The molecule has 4 fully saturated rings. The van der Waals surface area contributed by atoms with E-state index < -0.39 is 58.0 Å². The highest BCUT2D eigenvalue weighted by atomic mass is 35.5. The number of aryl methyl sites for hydroxylation is 1. The molecule has 4 aromatic carbocycles. The van der Waals surface area contributed by atoms with Gasteiger partial charge < -0.3 is 35.1 Å². The molecule has 4 aliphatic heterocycles. The summed E-state index contributed by atoms with van der Waals surface area (Å²) in [7, 11) is 3.04. The van der Waals surface area contributed by atoms with Gasteiger partial charge >= 0.3 is 6.03 Å². The van der Waals surface area contributed by atoms with Gasteiger partial charge in [0.15, 0.2) is 28.8 Å². The number of primary amides is 1. The van der Waals surface area contributed by atoms with Gasteiger partial charge in [-0.05, 0) is 94.1 Å². The number of halogens is 5. The predicted molar refractivity (Wildman–Crippen MR) is 278 cm³/mol. The van der Waals surface area contributed by atoms with Gasteiger partial charge in [0.05, 0.1) is 22.6 Å². The molecule has 4 N–H and O–H groups in total. The Morgan fingerprint density at radius 1 is 0.895 bits per heavy atom. The van der Waals surface area contributed by atoms with Crippen LogP contribution in [0.1, 0.15) is 111 Å². The Morgan fingerprint density at radius 3 is 2.28 bits per heavy atom. The number of hydrogen-bond donors (Lipinski definition) is 3. The number of urea groups is 1. The van der Waals surface area contributed by atoms with Crippen molar-refractivity contribution in [2.45, 2.75) is 101 Å². The van der Waals surface area contributed by atoms with Gasteiger partial charge in [-0.1, -0.05) is 55.8 Å². The number of ether oxygens (including phenoxy) is 3. The number of likely N-dealkylation sites (tertiary alicyclic amines) is 2. The van der Waals surface area contributed by atoms with E-state index in [-0.39, 0.29) is 112 Å². The van der Waals surface area contributed by atoms with Crippen LogP contribution in [-0.2, 0) is 27.0 Å². The summed E-state index contributed by atoms with van der Waals surface area (Å²) in [5.41, 5.74) is 4.92. The molecule has 15 nitrogen and oxygen atoms in total. The summed E-state index contributed by atoms with van der Waals surface area (Å²) in [6.07, 6.45) is 5.49. The van der Waals surface area contributed by atoms with Crippen LogP contribution in [0.5, 0.6) is 11.5 Å². The van der Waals surface area contributed by atoms with Gasteiger partial charge in [-0.25, -0.2) is 22.4 Å². The lowest BCUT2D eigenvalue weighted by Crippen LogP contribution is -2.53. The number of anilines is 1. The molecule has 76 heavy (non-hydrogen) atoms. The summed E-state index contributed by atoms with van der Waals surface area (Å²) >= 11 is 6.77. The third-order valence-corrected chi connectivity index (χ3v) is 17.3. The zero-order valence-electron chi connectivity index (χ0n) is 43.1. The lowest BCUT2D eigenvalue weighted by molar-refractivity contribution is -0.145. The Kier molecular flexibility index (Phi) is 14.9. The Bertz CT molecular complexity index is 3080. The molecule has 5 aliphatic rings. The van der Waals surface area contributed by atoms with Crippen molar-refractivity contribution in [1.82, 2.24) is 30.2 Å². The maximum atomic E-state index is 16.7. The van der Waals surface area contributed by atoms with Crippen LogP contribution in [0.2, 0.25) is 5.02 Å². The van der Waals surface area contributed by atoms with Crippen LogP contribution >= 0.6 is 11.6 Å². The van der Waals surface area contributed by atoms with Crippen LogP contribution in [-0.4, -0.2) is 115 Å². The smallest absolute Gasteiger partial charge is 0.329 e. The number of nitrogens with zero attached hydrogens (tertiary/aromatic N) is 5. The molecular weight excluding hydrogens is 1010 g/mol. The molecule has 10 rings (SSSR count). The SMILES string of the molecule is COCCOc1ccc(C(N)=O)c(-c2c(Cl)c(F)cc3c2C(C)C(CNC2CCC(C)(C(=O)N4CCC(N5CCC(c6c(F)cc7c(N8CCC(=O)NC8=O)nn(C)c7c6F)CC5)CC4)CC2)(c2ccccc2)O3)c1F. The standard InChI is InChI=1S/C56H63ClF4N8O7/c1-31-43-41(29-39(59)47(57)46(43)45-36(51(62)71)10-11-40(48(45)60)75-27-26-74-4)76-56(31,33-8-6-5-7-9-33)30-63-34-12-19-55(2,20-13-34)53(72)68-23-16-35(17-24-68)67-21-14-32(15-22-67)44-38(58)28-37-50(49(44)61)66(3)65-52(37)69-25-18-42(70)64-54(69)73/h5-11,28-29,31-32,34-35,63H,12-27,30H2,1-4H3,(H2,62,71)(H,64,70,73). The number of carbonyl (C=O) groups is 4. The summed E-state index contributed by atoms with van der Waals surface area (Å²) in [5.74, 6) is -5.21. The van der Waals surface area contributed by atoms with E-state index in [4.69, 9.17) is 31.5 Å². The fourth-order valence-corrected chi connectivity index (χ4v) is 12.9. The summed E-state index contributed by atoms with van der Waals surface area (Å²) in [6, 6.07) is 14.2. The molecule has 0 spiro atoms. The minimum absolute atomic E-state index is 0.00980. The normalized spacial score (nSPS) is 23.7. The highest BCUT2D eigenvalue weighted by Gasteiger charge is 2.51. The topological polar surface area (TPSA) is 174 Å². The molecule has 20 heteroatoms. The number of imide groups is 1. The number of fused-ring (bicyclic) bond motifs is 2. The highest BCUT2D eigenvalue weighted by molar-refractivity contribution is 6.34. The van der Waals surface area contributed by atoms with E-state index in [9.17, 15) is 19.2 Å². The van der Waals surface area contributed by atoms with Crippen molar-refractivity contribution in [2.75, 3.05) is 64.5 Å². The molecule has 404 valence electrons. The van der Waals surface area contributed by atoms with E-state index >= 15 is 17.6 Å². The van der Waals surface area contributed by atoms with Gasteiger partial charge in [0.2, 0.25) is 17.7 Å².